The molecule has 1 N–H and O–H groups in total. The van der Waals surface area contributed by atoms with Crippen LogP contribution in [0.3, 0.4) is 0 Å². The van der Waals surface area contributed by atoms with Crippen molar-refractivity contribution in [3.8, 4) is 0 Å². The van der Waals surface area contributed by atoms with Crippen molar-refractivity contribution < 1.29 is 13.6 Å². The van der Waals surface area contributed by atoms with Crippen LogP contribution in [0, 0.1) is 0 Å². The summed E-state index contributed by atoms with van der Waals surface area (Å²) in [5, 5.41) is 1.55. The molecule has 0 aromatic heterocycles. The number of carbonyl (C=O) groups excluding carboxylic acids is 1. The second-order valence-electron chi connectivity index (χ2n) is 2.34. The van der Waals surface area contributed by atoms with Crippen molar-refractivity contribution in [1.82, 2.24) is 10.2 Å². The minimum absolute atomic E-state index is 0.725. The number of amides is 2. The van der Waals surface area contributed by atoms with Crippen LogP contribution < -0.4 is 5.32 Å². The third-order valence-corrected chi connectivity index (χ3v) is 1.70. The van der Waals surface area contributed by atoms with Crippen molar-refractivity contribution >= 4 is 6.03 Å². The number of hydrogen-bond donors (Lipinski definition) is 1. The highest BCUT2D eigenvalue weighted by atomic mass is 19.3. The van der Waals surface area contributed by atoms with Crippen LogP contribution in [0.4, 0.5) is 13.6 Å². The fraction of sp³-hybridized carbons (Fsp3) is 0.800. The number of hydrogen-bond acceptors (Lipinski definition) is 1. The Morgan fingerprint density at radius 2 is 2.20 bits per heavy atom. The molecule has 1 heterocycles. The summed E-state index contributed by atoms with van der Waals surface area (Å²) in [5.74, 6) is 0. The van der Waals surface area contributed by atoms with Gasteiger partial charge in [-0.15, -0.1) is 0 Å². The average Bonchev–Trinajstić information content (AvgIpc) is 1.95. The molecule has 1 unspecified atom stereocenters. The lowest BCUT2D eigenvalue weighted by molar-refractivity contribution is -0.0404. The van der Waals surface area contributed by atoms with Crippen LogP contribution in [0.5, 0.6) is 0 Å². The molecule has 58 valence electrons. The molecule has 0 bridgehead atoms. The summed E-state index contributed by atoms with van der Waals surface area (Å²) >= 11 is 0. The number of nitrogens with one attached hydrogen (secondary N) is 1. The largest absolute Gasteiger partial charge is 0.346 e. The molecular formula is C5H8F2N2O. The summed E-state index contributed by atoms with van der Waals surface area (Å²) in [5.41, 5.74) is 0. The molecule has 1 fully saturated rings. The van der Waals surface area contributed by atoms with Gasteiger partial charge in [0.1, 0.15) is 6.04 Å². The van der Waals surface area contributed by atoms with E-state index in [-0.39, 0.29) is 0 Å². The summed E-state index contributed by atoms with van der Waals surface area (Å²) < 4.78 is 24.9. The summed E-state index contributed by atoms with van der Waals surface area (Å²) in [6, 6.07) is -4.86. The van der Waals surface area contributed by atoms with Gasteiger partial charge in [-0.1, -0.05) is 0 Å². The Morgan fingerprint density at radius 1 is 1.70 bits per heavy atom. The van der Waals surface area contributed by atoms with Crippen LogP contribution >= 0.6 is 0 Å². The lowest BCUT2D eigenvalue weighted by Crippen LogP contribution is -2.38. The van der Waals surface area contributed by atoms with Gasteiger partial charge in [-0.05, 0) is 6.92 Å². The lowest BCUT2D eigenvalue weighted by atomic mass is 10.3. The Labute approximate surface area is 57.0 Å². The van der Waals surface area contributed by atoms with Crippen LogP contribution in [0.1, 0.15) is 6.92 Å². The first-order valence-corrected chi connectivity index (χ1v) is 2.88. The minimum Gasteiger partial charge on any atom is -0.317 e. The Hall–Kier alpha value is -0.870. The zero-order valence-electron chi connectivity index (χ0n) is 5.69. The van der Waals surface area contributed by atoms with E-state index in [4.69, 9.17) is 0 Å². The third-order valence-electron chi connectivity index (χ3n) is 1.70. The molecule has 1 aliphatic rings. The Balaban J connectivity index is 2.81. The van der Waals surface area contributed by atoms with E-state index in [2.05, 4.69) is 0 Å². The Bertz CT molecular complexity index is 171. The van der Waals surface area contributed by atoms with E-state index < -0.39 is 18.1 Å². The fourth-order valence-electron chi connectivity index (χ4n) is 0.754. The first-order valence-electron chi connectivity index (χ1n) is 2.88. The molecule has 0 aromatic carbocycles. The molecule has 0 aliphatic carbocycles. The van der Waals surface area contributed by atoms with Gasteiger partial charge in [0.25, 0.3) is 0 Å². The maximum atomic E-state index is 12.5. The zero-order valence-corrected chi connectivity index (χ0v) is 5.69. The molecule has 2 amide bonds. The van der Waals surface area contributed by atoms with Gasteiger partial charge in [0.05, 0.1) is 0 Å². The number of rotatable bonds is 0. The van der Waals surface area contributed by atoms with E-state index >= 15 is 0 Å². The molecule has 10 heavy (non-hydrogen) atoms. The van der Waals surface area contributed by atoms with Gasteiger partial charge in [0.15, 0.2) is 0 Å². The van der Waals surface area contributed by atoms with Crippen molar-refractivity contribution in [2.24, 2.45) is 0 Å². The highest BCUT2D eigenvalue weighted by Crippen LogP contribution is 2.24. The predicted molar refractivity (Wildman–Crippen MR) is 30.7 cm³/mol. The first-order chi connectivity index (χ1) is 4.45. The van der Waals surface area contributed by atoms with Gasteiger partial charge in [-0.25, -0.2) is 4.79 Å². The molecule has 1 aliphatic heterocycles. The minimum atomic E-state index is -3.08. The van der Waals surface area contributed by atoms with E-state index in [1.54, 1.807) is 5.32 Å². The van der Waals surface area contributed by atoms with Gasteiger partial charge in [-0.2, -0.15) is 8.78 Å². The molecule has 1 atom stereocenters. The van der Waals surface area contributed by atoms with Crippen LogP contribution in [-0.4, -0.2) is 30.1 Å². The Kier molecular flexibility index (Phi) is 1.31. The predicted octanol–water partition coefficient (Wildman–Crippen LogP) is 0.623. The fourth-order valence-corrected chi connectivity index (χ4v) is 0.754. The van der Waals surface area contributed by atoms with Crippen molar-refractivity contribution in [1.29, 1.82) is 0 Å². The number of nitrogens with zero attached hydrogens (tertiary/aromatic N) is 1. The van der Waals surface area contributed by atoms with Crippen molar-refractivity contribution in [3.05, 3.63) is 0 Å². The molecule has 3 nitrogen and oxygen atoms in total. The summed E-state index contributed by atoms with van der Waals surface area (Å²) in [6.45, 7) is 1.29. The second-order valence-corrected chi connectivity index (χ2v) is 2.34. The molecule has 0 spiro atoms. The molecule has 0 saturated carbocycles. The maximum absolute atomic E-state index is 12.5. The van der Waals surface area contributed by atoms with Gasteiger partial charge in [0.2, 0.25) is 0 Å². The Morgan fingerprint density at radius 3 is 2.30 bits per heavy atom. The van der Waals surface area contributed by atoms with Gasteiger partial charge in [0, 0.05) is 7.05 Å². The molecule has 1 rings (SSSR count). The molecule has 0 radical (unpaired) electrons. The number of alkyl halides is 2. The average molecular weight is 150 g/mol. The number of carbonyl (C=O) groups is 1. The lowest BCUT2D eigenvalue weighted by Gasteiger charge is -2.16. The van der Waals surface area contributed by atoms with Gasteiger partial charge in [-0.3, -0.25) is 5.32 Å². The van der Waals surface area contributed by atoms with E-state index in [0.717, 1.165) is 4.90 Å². The van der Waals surface area contributed by atoms with Gasteiger partial charge < -0.3 is 4.90 Å². The SMILES string of the molecule is CC1N(C)C(=O)NC1(F)F. The molecular weight excluding hydrogens is 142 g/mol. The summed E-state index contributed by atoms with van der Waals surface area (Å²) in [4.78, 5) is 11.5. The topological polar surface area (TPSA) is 32.3 Å². The highest BCUT2D eigenvalue weighted by Gasteiger charge is 2.48. The monoisotopic (exact) mass is 150 g/mol. The number of urea groups is 1. The molecule has 0 aromatic rings. The standard InChI is InChI=1S/C5H8F2N2O/c1-3-5(6,7)8-4(10)9(3)2/h3H,1-2H3,(H,8,10). The third kappa shape index (κ3) is 0.815. The highest BCUT2D eigenvalue weighted by molar-refractivity contribution is 5.77. The van der Waals surface area contributed by atoms with Crippen LogP contribution in [0.15, 0.2) is 0 Å². The van der Waals surface area contributed by atoms with E-state index in [9.17, 15) is 13.6 Å². The normalized spacial score (nSPS) is 30.6. The van der Waals surface area contributed by atoms with Crippen LogP contribution in [-0.2, 0) is 0 Å². The maximum Gasteiger partial charge on any atom is 0.346 e. The van der Waals surface area contributed by atoms with E-state index in [0.29, 0.717) is 0 Å². The number of halogens is 2. The number of likely N-dealkylation sites (N-methyl/N-ethyl adjacent to an activating group) is 1. The van der Waals surface area contributed by atoms with Crippen LogP contribution in [0.2, 0.25) is 0 Å². The van der Waals surface area contributed by atoms with Crippen LogP contribution in [0.25, 0.3) is 0 Å². The van der Waals surface area contributed by atoms with Gasteiger partial charge >= 0.3 is 12.1 Å². The molecule has 5 heteroatoms. The molecule has 1 saturated heterocycles. The summed E-state index contributed by atoms with van der Waals surface area (Å²) in [6.07, 6.45) is 0. The van der Waals surface area contributed by atoms with Crippen molar-refractivity contribution in [3.63, 3.8) is 0 Å². The first kappa shape index (κ1) is 7.24. The van der Waals surface area contributed by atoms with Crippen molar-refractivity contribution in [2.45, 2.75) is 19.0 Å². The summed E-state index contributed by atoms with van der Waals surface area (Å²) in [7, 11) is 1.33. The zero-order chi connectivity index (χ0) is 7.94. The van der Waals surface area contributed by atoms with E-state index in [1.807, 2.05) is 0 Å². The van der Waals surface area contributed by atoms with E-state index in [1.165, 1.54) is 14.0 Å². The smallest absolute Gasteiger partial charge is 0.317 e. The van der Waals surface area contributed by atoms with Crippen molar-refractivity contribution in [2.75, 3.05) is 7.05 Å². The second kappa shape index (κ2) is 1.81. The quantitative estimate of drug-likeness (QED) is 0.504.